The van der Waals surface area contributed by atoms with Gasteiger partial charge in [-0.25, -0.2) is 0 Å². The molecule has 1 amide bonds. The molecule has 0 spiro atoms. The first kappa shape index (κ1) is 14.5. The zero-order valence-corrected chi connectivity index (χ0v) is 12.3. The Morgan fingerprint density at radius 1 is 1.43 bits per heavy atom. The van der Waals surface area contributed by atoms with Crippen LogP contribution in [0.4, 0.5) is 6.01 Å². The van der Waals surface area contributed by atoms with Gasteiger partial charge in [0, 0.05) is 12.5 Å². The Morgan fingerprint density at radius 3 is 3.00 bits per heavy atom. The third-order valence-corrected chi connectivity index (χ3v) is 4.14. The first-order valence-electron chi connectivity index (χ1n) is 7.60. The fourth-order valence-electron chi connectivity index (χ4n) is 2.62. The van der Waals surface area contributed by atoms with E-state index in [0.29, 0.717) is 18.2 Å². The maximum absolute atomic E-state index is 12.0. The fourth-order valence-corrected chi connectivity index (χ4v) is 2.62. The van der Waals surface area contributed by atoms with E-state index in [1.54, 1.807) is 0 Å². The van der Waals surface area contributed by atoms with Gasteiger partial charge in [-0.2, -0.15) is 0 Å². The molecule has 0 radical (unpaired) electrons. The van der Waals surface area contributed by atoms with E-state index in [1.807, 2.05) is 6.92 Å². The van der Waals surface area contributed by atoms with Crippen LogP contribution in [0.15, 0.2) is 4.42 Å². The minimum Gasteiger partial charge on any atom is -0.408 e. The molecule has 1 aromatic rings. The second-order valence-electron chi connectivity index (χ2n) is 6.39. The van der Waals surface area contributed by atoms with E-state index in [-0.39, 0.29) is 18.5 Å². The fraction of sp³-hybridized carbons (Fsp3) is 0.786. The molecule has 1 aliphatic carbocycles. The summed E-state index contributed by atoms with van der Waals surface area (Å²) in [6.45, 7) is 3.68. The Morgan fingerprint density at radius 2 is 2.24 bits per heavy atom. The minimum absolute atomic E-state index is 0.150. The monoisotopic (exact) mass is 294 g/mol. The molecule has 7 heteroatoms. The molecular formula is C14H22N4O3. The molecule has 2 heterocycles. The summed E-state index contributed by atoms with van der Waals surface area (Å²) >= 11 is 0. The van der Waals surface area contributed by atoms with Crippen LogP contribution in [0, 0.1) is 0 Å². The normalized spacial score (nSPS) is 27.3. The number of likely N-dealkylation sites (tertiary alicyclic amines) is 1. The third kappa shape index (κ3) is 4.01. The van der Waals surface area contributed by atoms with E-state index in [0.717, 1.165) is 38.8 Å². The second kappa shape index (κ2) is 5.73. The topological polar surface area (TPSA) is 91.5 Å². The van der Waals surface area contributed by atoms with Crippen molar-refractivity contribution < 1.29 is 14.3 Å². The van der Waals surface area contributed by atoms with Crippen molar-refractivity contribution in [2.75, 3.05) is 25.0 Å². The van der Waals surface area contributed by atoms with Crippen molar-refractivity contribution in [3.63, 3.8) is 0 Å². The molecule has 1 unspecified atom stereocenters. The molecule has 0 aromatic carbocycles. The molecule has 1 saturated carbocycles. The Bertz CT molecular complexity index is 510. The van der Waals surface area contributed by atoms with Crippen molar-refractivity contribution in [2.45, 2.75) is 50.5 Å². The smallest absolute Gasteiger partial charge is 0.322 e. The first-order valence-corrected chi connectivity index (χ1v) is 7.60. The Labute approximate surface area is 123 Å². The van der Waals surface area contributed by atoms with Gasteiger partial charge in [0.1, 0.15) is 0 Å². The standard InChI is InChI=1S/C14H22N4O3/c1-14(20)5-2-7-18(8-6-14)9-11(19)15-13-17-16-12(21-13)10-3-4-10/h10,20H,2-9H2,1H3,(H,15,17,19). The molecule has 3 rings (SSSR count). The van der Waals surface area contributed by atoms with Gasteiger partial charge in [-0.1, -0.05) is 5.10 Å². The van der Waals surface area contributed by atoms with Crippen molar-refractivity contribution in [1.29, 1.82) is 0 Å². The predicted molar refractivity (Wildman–Crippen MR) is 75.8 cm³/mol. The summed E-state index contributed by atoms with van der Waals surface area (Å²) in [6.07, 6.45) is 4.53. The van der Waals surface area contributed by atoms with E-state index in [2.05, 4.69) is 20.4 Å². The van der Waals surface area contributed by atoms with Crippen LogP contribution in [0.5, 0.6) is 0 Å². The van der Waals surface area contributed by atoms with Gasteiger partial charge in [-0.3, -0.25) is 15.0 Å². The van der Waals surface area contributed by atoms with E-state index in [9.17, 15) is 9.90 Å². The number of amides is 1. The number of aromatic nitrogens is 2. The average Bonchev–Trinajstić information content (AvgIpc) is 3.18. The highest BCUT2D eigenvalue weighted by Gasteiger charge is 2.30. The van der Waals surface area contributed by atoms with E-state index in [1.165, 1.54) is 0 Å². The Balaban J connectivity index is 1.48. The van der Waals surface area contributed by atoms with Crippen molar-refractivity contribution in [3.8, 4) is 0 Å². The van der Waals surface area contributed by atoms with Gasteiger partial charge in [0.2, 0.25) is 11.8 Å². The van der Waals surface area contributed by atoms with Crippen molar-refractivity contribution in [3.05, 3.63) is 5.89 Å². The van der Waals surface area contributed by atoms with Gasteiger partial charge in [0.05, 0.1) is 12.1 Å². The van der Waals surface area contributed by atoms with Crippen LogP contribution in [0.2, 0.25) is 0 Å². The number of rotatable bonds is 4. The molecule has 7 nitrogen and oxygen atoms in total. The van der Waals surface area contributed by atoms with E-state index in [4.69, 9.17) is 4.42 Å². The highest BCUT2D eigenvalue weighted by atomic mass is 16.4. The van der Waals surface area contributed by atoms with Crippen LogP contribution in [0.3, 0.4) is 0 Å². The number of nitrogens with one attached hydrogen (secondary N) is 1. The zero-order valence-electron chi connectivity index (χ0n) is 12.3. The molecule has 2 N–H and O–H groups in total. The van der Waals surface area contributed by atoms with E-state index < -0.39 is 5.60 Å². The summed E-state index contributed by atoms with van der Waals surface area (Å²) in [5.41, 5.74) is -0.614. The quantitative estimate of drug-likeness (QED) is 0.864. The van der Waals surface area contributed by atoms with Gasteiger partial charge in [-0.15, -0.1) is 5.10 Å². The highest BCUT2D eigenvalue weighted by molar-refractivity contribution is 5.90. The lowest BCUT2D eigenvalue weighted by atomic mass is 9.98. The number of hydrogen-bond donors (Lipinski definition) is 2. The van der Waals surface area contributed by atoms with Gasteiger partial charge < -0.3 is 9.52 Å². The molecule has 1 aliphatic heterocycles. The maximum atomic E-state index is 12.0. The van der Waals surface area contributed by atoms with Crippen molar-refractivity contribution in [1.82, 2.24) is 15.1 Å². The minimum atomic E-state index is -0.614. The zero-order chi connectivity index (χ0) is 14.9. The van der Waals surface area contributed by atoms with Gasteiger partial charge in [-0.05, 0) is 45.6 Å². The predicted octanol–water partition coefficient (Wildman–Crippen LogP) is 1.12. The SMILES string of the molecule is CC1(O)CCCN(CC(=O)Nc2nnc(C3CC3)o2)CC1. The number of carbonyl (C=O) groups excluding carboxylic acids is 1. The number of hydrogen-bond acceptors (Lipinski definition) is 6. The van der Waals surface area contributed by atoms with Gasteiger partial charge in [0.25, 0.3) is 0 Å². The molecule has 1 aromatic heterocycles. The summed E-state index contributed by atoms with van der Waals surface area (Å²) in [5, 5.41) is 20.5. The molecule has 0 bridgehead atoms. The van der Waals surface area contributed by atoms with E-state index >= 15 is 0 Å². The molecule has 1 saturated heterocycles. The molecule has 1 atom stereocenters. The molecule has 2 fully saturated rings. The second-order valence-corrected chi connectivity index (χ2v) is 6.39. The number of nitrogens with zero attached hydrogens (tertiary/aromatic N) is 3. The molecule has 116 valence electrons. The van der Waals surface area contributed by atoms with Crippen molar-refractivity contribution in [2.24, 2.45) is 0 Å². The summed E-state index contributed by atoms with van der Waals surface area (Å²) in [5.74, 6) is 0.856. The summed E-state index contributed by atoms with van der Waals surface area (Å²) in [6, 6.07) is 0.184. The summed E-state index contributed by atoms with van der Waals surface area (Å²) in [7, 11) is 0. The van der Waals surface area contributed by atoms with Crippen LogP contribution in [0.25, 0.3) is 0 Å². The number of anilines is 1. The Hall–Kier alpha value is -1.47. The maximum Gasteiger partial charge on any atom is 0.322 e. The lowest BCUT2D eigenvalue weighted by Gasteiger charge is -2.21. The van der Waals surface area contributed by atoms with Crippen LogP contribution in [-0.2, 0) is 4.79 Å². The van der Waals surface area contributed by atoms with Crippen LogP contribution < -0.4 is 5.32 Å². The van der Waals surface area contributed by atoms with Gasteiger partial charge in [0.15, 0.2) is 0 Å². The van der Waals surface area contributed by atoms with Crippen molar-refractivity contribution >= 4 is 11.9 Å². The molecular weight excluding hydrogens is 272 g/mol. The Kier molecular flexibility index (Phi) is 3.95. The average molecular weight is 294 g/mol. The number of carbonyl (C=O) groups is 1. The first-order chi connectivity index (χ1) is 10.0. The largest absolute Gasteiger partial charge is 0.408 e. The summed E-state index contributed by atoms with van der Waals surface area (Å²) in [4.78, 5) is 14.1. The van der Waals surface area contributed by atoms with Crippen LogP contribution in [-0.4, -0.2) is 51.3 Å². The lowest BCUT2D eigenvalue weighted by Crippen LogP contribution is -2.35. The van der Waals surface area contributed by atoms with Gasteiger partial charge >= 0.3 is 6.01 Å². The number of aliphatic hydroxyl groups is 1. The molecule has 2 aliphatic rings. The highest BCUT2D eigenvalue weighted by Crippen LogP contribution is 2.39. The third-order valence-electron chi connectivity index (χ3n) is 4.14. The summed E-state index contributed by atoms with van der Waals surface area (Å²) < 4.78 is 5.41. The lowest BCUT2D eigenvalue weighted by molar-refractivity contribution is -0.117. The van der Waals surface area contributed by atoms with Crippen LogP contribution in [0.1, 0.15) is 50.8 Å². The van der Waals surface area contributed by atoms with Crippen LogP contribution >= 0.6 is 0 Å². The molecule has 21 heavy (non-hydrogen) atoms.